The Morgan fingerprint density at radius 2 is 1.86 bits per heavy atom. The number of quaternary nitrogens is 1. The lowest BCUT2D eigenvalue weighted by molar-refractivity contribution is -0.895. The van der Waals surface area contributed by atoms with Crippen molar-refractivity contribution >= 4 is 39.1 Å². The largest absolute Gasteiger partial charge is 0.365 e. The highest BCUT2D eigenvalue weighted by Gasteiger charge is 2.31. The van der Waals surface area contributed by atoms with Crippen LogP contribution in [0.5, 0.6) is 0 Å². The molecule has 1 amide bonds. The van der Waals surface area contributed by atoms with Gasteiger partial charge in [0.2, 0.25) is 10.0 Å². The number of rotatable bonds is 4. The zero-order valence-corrected chi connectivity index (χ0v) is 13.5. The van der Waals surface area contributed by atoms with Gasteiger partial charge in [0.05, 0.1) is 41.1 Å². The third kappa shape index (κ3) is 3.87. The molecule has 0 unspecified atom stereocenters. The van der Waals surface area contributed by atoms with Crippen LogP contribution in [0.4, 0.5) is 0 Å². The van der Waals surface area contributed by atoms with E-state index in [1.165, 1.54) is 22.5 Å². The van der Waals surface area contributed by atoms with Crippen LogP contribution >= 0.6 is 23.2 Å². The molecule has 1 aromatic rings. The van der Waals surface area contributed by atoms with E-state index in [0.717, 1.165) is 4.90 Å². The molecule has 1 aromatic carbocycles. The number of hydrogen-bond donors (Lipinski definition) is 2. The first kappa shape index (κ1) is 16.5. The zero-order valence-electron chi connectivity index (χ0n) is 11.2. The summed E-state index contributed by atoms with van der Waals surface area (Å²) in [5.74, 6) is -0.384. The molecular formula is C12H16Cl2N3O3S+. The Balaban J connectivity index is 2.11. The molecule has 1 heterocycles. The minimum Gasteiger partial charge on any atom is -0.365 e. The maximum absolute atomic E-state index is 12.5. The van der Waals surface area contributed by atoms with Crippen LogP contribution in [0.15, 0.2) is 23.1 Å². The number of amides is 1. The molecule has 3 N–H and O–H groups in total. The van der Waals surface area contributed by atoms with E-state index in [1.807, 2.05) is 0 Å². The van der Waals surface area contributed by atoms with Crippen LogP contribution in [-0.2, 0) is 14.8 Å². The summed E-state index contributed by atoms with van der Waals surface area (Å²) in [5, 5.41) is 0.516. The molecule has 0 aromatic heterocycles. The fraction of sp³-hybridized carbons (Fsp3) is 0.417. The van der Waals surface area contributed by atoms with Crippen LogP contribution in [-0.4, -0.2) is 51.4 Å². The number of nitrogens with one attached hydrogen (secondary N) is 1. The summed E-state index contributed by atoms with van der Waals surface area (Å²) in [7, 11) is -3.59. The number of carbonyl (C=O) groups excluding carboxylic acids is 1. The number of benzene rings is 1. The van der Waals surface area contributed by atoms with Crippen molar-refractivity contribution in [2.24, 2.45) is 5.73 Å². The monoisotopic (exact) mass is 352 g/mol. The predicted octanol–water partition coefficient (Wildman–Crippen LogP) is -0.632. The van der Waals surface area contributed by atoms with E-state index in [4.69, 9.17) is 28.9 Å². The standard InChI is InChI=1S/C12H15Cl2N3O3S/c13-10-2-1-9(7-11(10)14)21(19,20)17-5-3-16(4-6-17)8-12(15)18/h1-2,7H,3-6,8H2,(H2,15,18)/p+1. The number of nitrogens with zero attached hydrogens (tertiary/aromatic N) is 1. The van der Waals surface area contributed by atoms with Crippen molar-refractivity contribution in [1.29, 1.82) is 0 Å². The van der Waals surface area contributed by atoms with Gasteiger partial charge >= 0.3 is 0 Å². The van der Waals surface area contributed by atoms with Gasteiger partial charge in [-0.25, -0.2) is 8.42 Å². The molecule has 0 bridgehead atoms. The number of carbonyl (C=O) groups is 1. The summed E-state index contributed by atoms with van der Waals surface area (Å²) in [4.78, 5) is 12.0. The highest BCUT2D eigenvalue weighted by Crippen LogP contribution is 2.26. The minimum absolute atomic E-state index is 0.121. The van der Waals surface area contributed by atoms with Crippen molar-refractivity contribution < 1.29 is 18.1 Å². The lowest BCUT2D eigenvalue weighted by Crippen LogP contribution is -3.15. The van der Waals surface area contributed by atoms with Gasteiger partial charge in [0.25, 0.3) is 5.91 Å². The fourth-order valence-corrected chi connectivity index (χ4v) is 4.08. The maximum Gasteiger partial charge on any atom is 0.272 e. The summed E-state index contributed by atoms with van der Waals surface area (Å²) in [5.41, 5.74) is 5.15. The lowest BCUT2D eigenvalue weighted by atomic mass is 10.3. The SMILES string of the molecule is NC(=O)C[NH+]1CCN(S(=O)(=O)c2ccc(Cl)c(Cl)c2)CC1. The Kier molecular flexibility index (Phi) is 5.11. The van der Waals surface area contributed by atoms with Gasteiger partial charge in [-0.3, -0.25) is 4.79 Å². The van der Waals surface area contributed by atoms with Crippen LogP contribution in [0.2, 0.25) is 10.0 Å². The van der Waals surface area contributed by atoms with Gasteiger partial charge in [-0.15, -0.1) is 0 Å². The van der Waals surface area contributed by atoms with Gasteiger partial charge in [0, 0.05) is 0 Å². The van der Waals surface area contributed by atoms with Gasteiger partial charge < -0.3 is 10.6 Å². The highest BCUT2D eigenvalue weighted by atomic mass is 35.5. The van der Waals surface area contributed by atoms with E-state index >= 15 is 0 Å². The summed E-state index contributed by atoms with van der Waals surface area (Å²) < 4.78 is 26.4. The molecule has 1 saturated heterocycles. The van der Waals surface area contributed by atoms with Crippen molar-refractivity contribution in [2.45, 2.75) is 4.90 Å². The Bertz CT molecular complexity index is 643. The first-order chi connectivity index (χ1) is 9.80. The van der Waals surface area contributed by atoms with E-state index < -0.39 is 10.0 Å². The normalized spacial score (nSPS) is 17.8. The smallest absolute Gasteiger partial charge is 0.272 e. The van der Waals surface area contributed by atoms with Crippen LogP contribution < -0.4 is 10.6 Å². The number of primary amides is 1. The predicted molar refractivity (Wildman–Crippen MR) is 80.0 cm³/mol. The lowest BCUT2D eigenvalue weighted by Gasteiger charge is -2.30. The molecule has 0 radical (unpaired) electrons. The average Bonchev–Trinajstić information content (AvgIpc) is 2.41. The van der Waals surface area contributed by atoms with Crippen LogP contribution in [0.1, 0.15) is 0 Å². The van der Waals surface area contributed by atoms with Crippen molar-refractivity contribution in [3.63, 3.8) is 0 Å². The Hall–Kier alpha value is -0.860. The van der Waals surface area contributed by atoms with E-state index in [9.17, 15) is 13.2 Å². The number of halogens is 2. The highest BCUT2D eigenvalue weighted by molar-refractivity contribution is 7.89. The quantitative estimate of drug-likeness (QED) is 0.756. The van der Waals surface area contributed by atoms with E-state index in [0.29, 0.717) is 31.2 Å². The molecule has 1 aliphatic rings. The molecule has 21 heavy (non-hydrogen) atoms. The molecule has 0 spiro atoms. The number of sulfonamides is 1. The molecule has 1 aliphatic heterocycles. The van der Waals surface area contributed by atoms with Gasteiger partial charge in [0.1, 0.15) is 0 Å². The summed E-state index contributed by atoms with van der Waals surface area (Å²) in [6, 6.07) is 4.25. The van der Waals surface area contributed by atoms with Crippen LogP contribution in [0, 0.1) is 0 Å². The van der Waals surface area contributed by atoms with E-state index in [2.05, 4.69) is 0 Å². The van der Waals surface area contributed by atoms with Gasteiger partial charge in [-0.2, -0.15) is 4.31 Å². The number of piperazine rings is 1. The Labute approximate surface area is 133 Å². The molecule has 0 atom stereocenters. The van der Waals surface area contributed by atoms with Crippen molar-refractivity contribution in [1.82, 2.24) is 4.31 Å². The average molecular weight is 353 g/mol. The molecule has 1 fully saturated rings. The third-order valence-corrected chi connectivity index (χ3v) is 6.02. The fourth-order valence-electron chi connectivity index (χ4n) is 2.25. The van der Waals surface area contributed by atoms with Crippen LogP contribution in [0.25, 0.3) is 0 Å². The topological polar surface area (TPSA) is 84.9 Å². The second kappa shape index (κ2) is 6.50. The first-order valence-corrected chi connectivity index (χ1v) is 8.57. The van der Waals surface area contributed by atoms with E-state index in [1.54, 1.807) is 0 Å². The molecule has 0 aliphatic carbocycles. The van der Waals surface area contributed by atoms with Crippen molar-refractivity contribution in [2.75, 3.05) is 32.7 Å². The molecule has 2 rings (SSSR count). The molecule has 9 heteroatoms. The molecule has 116 valence electrons. The second-order valence-corrected chi connectivity index (χ2v) is 7.63. The number of nitrogens with two attached hydrogens (primary N) is 1. The Morgan fingerprint density at radius 1 is 1.24 bits per heavy atom. The van der Waals surface area contributed by atoms with Gasteiger partial charge in [-0.05, 0) is 18.2 Å². The zero-order chi connectivity index (χ0) is 15.6. The second-order valence-electron chi connectivity index (χ2n) is 4.87. The van der Waals surface area contributed by atoms with Crippen molar-refractivity contribution in [3.8, 4) is 0 Å². The van der Waals surface area contributed by atoms with Gasteiger partial charge in [-0.1, -0.05) is 23.2 Å². The summed E-state index contributed by atoms with van der Waals surface area (Å²) in [6.07, 6.45) is 0. The molecule has 0 saturated carbocycles. The van der Waals surface area contributed by atoms with E-state index in [-0.39, 0.29) is 22.4 Å². The van der Waals surface area contributed by atoms with Crippen molar-refractivity contribution in [3.05, 3.63) is 28.2 Å². The first-order valence-electron chi connectivity index (χ1n) is 6.38. The Morgan fingerprint density at radius 3 is 2.38 bits per heavy atom. The number of hydrogen-bond acceptors (Lipinski definition) is 3. The summed E-state index contributed by atoms with van der Waals surface area (Å²) >= 11 is 11.7. The van der Waals surface area contributed by atoms with Gasteiger partial charge in [0.15, 0.2) is 6.54 Å². The molecular weight excluding hydrogens is 337 g/mol. The summed E-state index contributed by atoms with van der Waals surface area (Å²) in [6.45, 7) is 1.99. The third-order valence-electron chi connectivity index (χ3n) is 3.38. The maximum atomic E-state index is 12.5. The van der Waals surface area contributed by atoms with Crippen LogP contribution in [0.3, 0.4) is 0 Å². The minimum atomic E-state index is -3.59. The molecule has 6 nitrogen and oxygen atoms in total.